The molecule has 0 spiro atoms. The lowest BCUT2D eigenvalue weighted by Crippen LogP contribution is -2.37. The molecule has 2 aliphatic heterocycles. The minimum absolute atomic E-state index is 0.0712. The van der Waals surface area contributed by atoms with Crippen molar-refractivity contribution in [3.63, 3.8) is 0 Å². The predicted molar refractivity (Wildman–Crippen MR) is 97.1 cm³/mol. The second-order valence-electron chi connectivity index (χ2n) is 6.16. The number of hydrogen-bond acceptors (Lipinski definition) is 4. The number of anilines is 1. The van der Waals surface area contributed by atoms with Gasteiger partial charge in [-0.1, -0.05) is 29.8 Å². The Kier molecular flexibility index (Phi) is 4.42. The number of carbonyl (C=O) groups is 2. The molecular formula is C19H17ClN2O4. The molecule has 2 aromatic carbocycles. The zero-order chi connectivity index (χ0) is 18.1. The Morgan fingerprint density at radius 3 is 2.77 bits per heavy atom. The van der Waals surface area contributed by atoms with Crippen molar-refractivity contribution < 1.29 is 19.1 Å². The second-order valence-corrected chi connectivity index (χ2v) is 6.57. The number of fused-ring (bicyclic) bond motifs is 1. The molecule has 0 bridgehead atoms. The van der Waals surface area contributed by atoms with Crippen LogP contribution >= 0.6 is 11.6 Å². The van der Waals surface area contributed by atoms with Gasteiger partial charge in [0.2, 0.25) is 5.91 Å². The summed E-state index contributed by atoms with van der Waals surface area (Å²) >= 11 is 6.19. The fourth-order valence-electron chi connectivity index (χ4n) is 3.22. The third-order valence-electron chi connectivity index (χ3n) is 4.41. The number of para-hydroxylation sites is 2. The van der Waals surface area contributed by atoms with Crippen molar-refractivity contribution in [2.45, 2.75) is 12.5 Å². The minimum atomic E-state index is -0.299. The SMILES string of the molecule is O=C(N[C@H]1CC(=O)N(c2ccccc2Cl)C1)c1cccc2c1OCCO2. The van der Waals surface area contributed by atoms with Crippen LogP contribution in [-0.2, 0) is 4.79 Å². The van der Waals surface area contributed by atoms with Crippen LogP contribution in [0.2, 0.25) is 5.02 Å². The van der Waals surface area contributed by atoms with E-state index in [2.05, 4.69) is 5.32 Å². The zero-order valence-electron chi connectivity index (χ0n) is 13.9. The van der Waals surface area contributed by atoms with E-state index in [0.29, 0.717) is 47.5 Å². The third-order valence-corrected chi connectivity index (χ3v) is 4.73. The highest BCUT2D eigenvalue weighted by atomic mass is 35.5. The molecule has 2 heterocycles. The molecule has 2 aromatic rings. The normalized spacial score (nSPS) is 18.7. The number of carbonyl (C=O) groups excluding carboxylic acids is 2. The van der Waals surface area contributed by atoms with Gasteiger partial charge in [-0.2, -0.15) is 0 Å². The van der Waals surface area contributed by atoms with Gasteiger partial charge in [0.05, 0.1) is 22.3 Å². The van der Waals surface area contributed by atoms with Crippen molar-refractivity contribution in [2.24, 2.45) is 0 Å². The lowest BCUT2D eigenvalue weighted by atomic mass is 10.1. The van der Waals surface area contributed by atoms with Crippen LogP contribution in [0.4, 0.5) is 5.69 Å². The molecule has 4 rings (SSSR count). The number of halogens is 1. The molecule has 0 radical (unpaired) electrons. The van der Waals surface area contributed by atoms with Crippen molar-refractivity contribution in [2.75, 3.05) is 24.7 Å². The molecule has 1 fully saturated rings. The summed E-state index contributed by atoms with van der Waals surface area (Å²) in [7, 11) is 0. The topological polar surface area (TPSA) is 67.9 Å². The van der Waals surface area contributed by atoms with Gasteiger partial charge in [-0.15, -0.1) is 0 Å². The fraction of sp³-hybridized carbons (Fsp3) is 0.263. The maximum absolute atomic E-state index is 12.7. The molecule has 2 amide bonds. The average molecular weight is 373 g/mol. The van der Waals surface area contributed by atoms with Crippen LogP contribution in [0.3, 0.4) is 0 Å². The number of nitrogens with one attached hydrogen (secondary N) is 1. The Morgan fingerprint density at radius 2 is 1.92 bits per heavy atom. The van der Waals surface area contributed by atoms with Crippen molar-refractivity contribution in [3.05, 3.63) is 53.1 Å². The van der Waals surface area contributed by atoms with E-state index >= 15 is 0 Å². The van der Waals surface area contributed by atoms with E-state index in [1.165, 1.54) is 0 Å². The van der Waals surface area contributed by atoms with Crippen LogP contribution in [0.5, 0.6) is 11.5 Å². The van der Waals surface area contributed by atoms with Crippen LogP contribution < -0.4 is 19.7 Å². The van der Waals surface area contributed by atoms with E-state index in [9.17, 15) is 9.59 Å². The molecule has 1 atom stereocenters. The standard InChI is InChI=1S/C19H17ClN2O4/c20-14-5-1-2-6-15(14)22-11-12(10-17(22)23)21-19(24)13-4-3-7-16-18(13)26-9-8-25-16/h1-7,12H,8-11H2,(H,21,24)/t12-/m0/s1. The summed E-state index contributed by atoms with van der Waals surface area (Å²) in [5, 5.41) is 3.42. The monoisotopic (exact) mass is 372 g/mol. The van der Waals surface area contributed by atoms with Crippen molar-refractivity contribution in [3.8, 4) is 11.5 Å². The lowest BCUT2D eigenvalue weighted by Gasteiger charge is -2.21. The molecule has 0 aliphatic carbocycles. The molecule has 0 aromatic heterocycles. The first-order valence-corrected chi connectivity index (χ1v) is 8.75. The summed E-state index contributed by atoms with van der Waals surface area (Å²) in [6.45, 7) is 1.24. The molecule has 6 nitrogen and oxygen atoms in total. The van der Waals surface area contributed by atoms with Gasteiger partial charge in [0, 0.05) is 13.0 Å². The van der Waals surface area contributed by atoms with Crippen molar-refractivity contribution in [1.82, 2.24) is 5.32 Å². The molecule has 26 heavy (non-hydrogen) atoms. The van der Waals surface area contributed by atoms with Gasteiger partial charge >= 0.3 is 0 Å². The lowest BCUT2D eigenvalue weighted by molar-refractivity contribution is -0.117. The molecule has 1 N–H and O–H groups in total. The number of hydrogen-bond donors (Lipinski definition) is 1. The minimum Gasteiger partial charge on any atom is -0.486 e. The Morgan fingerprint density at radius 1 is 1.12 bits per heavy atom. The Balaban J connectivity index is 1.50. The highest BCUT2D eigenvalue weighted by Gasteiger charge is 2.33. The molecule has 7 heteroatoms. The summed E-state index contributed by atoms with van der Waals surface area (Å²) in [5.41, 5.74) is 1.07. The number of rotatable bonds is 3. The van der Waals surface area contributed by atoms with E-state index in [1.54, 1.807) is 35.2 Å². The van der Waals surface area contributed by atoms with Gasteiger partial charge in [-0.3, -0.25) is 9.59 Å². The Labute approximate surface area is 155 Å². The largest absolute Gasteiger partial charge is 0.486 e. The van der Waals surface area contributed by atoms with Crippen LogP contribution in [0, 0.1) is 0 Å². The molecule has 0 saturated carbocycles. The smallest absolute Gasteiger partial charge is 0.255 e. The Hall–Kier alpha value is -2.73. The maximum atomic E-state index is 12.7. The molecule has 2 aliphatic rings. The average Bonchev–Trinajstić information content (AvgIpc) is 3.01. The van der Waals surface area contributed by atoms with Gasteiger partial charge in [-0.25, -0.2) is 0 Å². The number of nitrogens with zero attached hydrogens (tertiary/aromatic N) is 1. The van der Waals surface area contributed by atoms with E-state index in [0.717, 1.165) is 0 Å². The molecule has 134 valence electrons. The third kappa shape index (κ3) is 3.08. The van der Waals surface area contributed by atoms with Crippen LogP contribution in [0.1, 0.15) is 16.8 Å². The van der Waals surface area contributed by atoms with E-state index in [1.807, 2.05) is 12.1 Å². The number of benzene rings is 2. The van der Waals surface area contributed by atoms with Crippen molar-refractivity contribution in [1.29, 1.82) is 0 Å². The first-order valence-electron chi connectivity index (χ1n) is 8.38. The maximum Gasteiger partial charge on any atom is 0.255 e. The van der Waals surface area contributed by atoms with Gasteiger partial charge in [0.25, 0.3) is 5.91 Å². The summed E-state index contributed by atoms with van der Waals surface area (Å²) in [4.78, 5) is 26.7. The fourth-order valence-corrected chi connectivity index (χ4v) is 3.46. The van der Waals surface area contributed by atoms with E-state index < -0.39 is 0 Å². The summed E-state index contributed by atoms with van der Waals surface area (Å²) < 4.78 is 11.1. The molecular weight excluding hydrogens is 356 g/mol. The van der Waals surface area contributed by atoms with Gasteiger partial charge in [0.1, 0.15) is 13.2 Å². The first kappa shape index (κ1) is 16.7. The molecule has 0 unspecified atom stereocenters. The second kappa shape index (κ2) is 6.88. The summed E-state index contributed by atoms with van der Waals surface area (Å²) in [5.74, 6) is 0.650. The zero-order valence-corrected chi connectivity index (χ0v) is 14.7. The van der Waals surface area contributed by atoms with Gasteiger partial charge in [-0.05, 0) is 24.3 Å². The van der Waals surface area contributed by atoms with Crippen molar-refractivity contribution >= 4 is 29.1 Å². The number of ether oxygens (including phenoxy) is 2. The first-order chi connectivity index (χ1) is 12.6. The summed E-state index contributed by atoms with van der Waals surface area (Å²) in [6.07, 6.45) is 0.226. The van der Waals surface area contributed by atoms with Gasteiger partial charge < -0.3 is 19.7 Å². The van der Waals surface area contributed by atoms with Crippen LogP contribution in [0.15, 0.2) is 42.5 Å². The highest BCUT2D eigenvalue weighted by molar-refractivity contribution is 6.33. The highest BCUT2D eigenvalue weighted by Crippen LogP contribution is 2.34. The van der Waals surface area contributed by atoms with E-state index in [4.69, 9.17) is 21.1 Å². The quantitative estimate of drug-likeness (QED) is 0.899. The summed E-state index contributed by atoms with van der Waals surface area (Å²) in [6, 6.07) is 12.1. The molecule has 1 saturated heterocycles. The van der Waals surface area contributed by atoms with Crippen LogP contribution in [0.25, 0.3) is 0 Å². The van der Waals surface area contributed by atoms with Gasteiger partial charge in [0.15, 0.2) is 11.5 Å². The van der Waals surface area contributed by atoms with Crippen LogP contribution in [-0.4, -0.2) is 37.6 Å². The Bertz CT molecular complexity index is 870. The number of amides is 2. The van der Waals surface area contributed by atoms with E-state index in [-0.39, 0.29) is 24.3 Å². The predicted octanol–water partition coefficient (Wildman–Crippen LogP) is 2.65.